The maximum absolute atomic E-state index is 13.9. The molecule has 1 aliphatic carbocycles. The lowest BCUT2D eigenvalue weighted by Crippen LogP contribution is -2.44. The zero-order chi connectivity index (χ0) is 31.2. The molecule has 0 spiro atoms. The fourth-order valence-electron chi connectivity index (χ4n) is 5.94. The minimum absolute atomic E-state index is 0.0529. The molecule has 0 unspecified atom stereocenters. The number of pyridine rings is 1. The molecule has 0 radical (unpaired) electrons. The van der Waals surface area contributed by atoms with E-state index in [9.17, 15) is 14.9 Å². The van der Waals surface area contributed by atoms with Crippen LogP contribution in [0.1, 0.15) is 43.2 Å². The molecule has 3 aromatic heterocycles. The van der Waals surface area contributed by atoms with Gasteiger partial charge in [-0.1, -0.05) is 42.5 Å². The zero-order valence-corrected chi connectivity index (χ0v) is 25.1. The second-order valence-corrected chi connectivity index (χ2v) is 11.4. The van der Waals surface area contributed by atoms with Crippen LogP contribution >= 0.6 is 0 Å². The van der Waals surface area contributed by atoms with Crippen molar-refractivity contribution in [3.05, 3.63) is 113 Å². The quantitative estimate of drug-likeness (QED) is 0.229. The summed E-state index contributed by atoms with van der Waals surface area (Å²) in [6.07, 6.45) is 9.39. The van der Waals surface area contributed by atoms with Gasteiger partial charge in [-0.05, 0) is 73.1 Å². The number of H-pyrrole nitrogens is 1. The molecule has 5 aromatic rings. The van der Waals surface area contributed by atoms with Gasteiger partial charge in [-0.3, -0.25) is 14.7 Å². The number of carbonyl (C=O) groups is 1. The average Bonchev–Trinajstić information content (AvgIpc) is 3.62. The Bertz CT molecular complexity index is 1850. The molecule has 226 valence electrons. The van der Waals surface area contributed by atoms with Gasteiger partial charge in [0.2, 0.25) is 17.4 Å². The van der Waals surface area contributed by atoms with Gasteiger partial charge >= 0.3 is 0 Å². The van der Waals surface area contributed by atoms with E-state index in [0.717, 1.165) is 48.1 Å². The summed E-state index contributed by atoms with van der Waals surface area (Å²) >= 11 is 0. The topological polar surface area (TPSA) is 133 Å². The lowest BCUT2D eigenvalue weighted by molar-refractivity contribution is -0.119. The van der Waals surface area contributed by atoms with Crippen molar-refractivity contribution in [2.75, 3.05) is 10.2 Å². The number of hydrogen-bond donors (Lipinski definition) is 2. The van der Waals surface area contributed by atoms with Crippen molar-refractivity contribution in [1.29, 1.82) is 5.26 Å². The van der Waals surface area contributed by atoms with Crippen LogP contribution in [0, 0.1) is 11.3 Å². The smallest absolute Gasteiger partial charge is 0.250 e. The highest BCUT2D eigenvalue weighted by molar-refractivity contribution is 5.94. The van der Waals surface area contributed by atoms with Crippen molar-refractivity contribution < 1.29 is 4.79 Å². The molecular formula is C35H34N8O2. The number of hydrogen-bond acceptors (Lipinski definition) is 7. The number of benzene rings is 2. The predicted octanol–water partition coefficient (Wildman–Crippen LogP) is 5.49. The number of anilines is 2. The largest absolute Gasteiger partial charge is 0.351 e. The molecular weight excluding hydrogens is 564 g/mol. The first kappa shape index (κ1) is 29.5. The summed E-state index contributed by atoms with van der Waals surface area (Å²) < 4.78 is 1.57. The highest BCUT2D eigenvalue weighted by atomic mass is 16.2. The van der Waals surface area contributed by atoms with Gasteiger partial charge in [0.05, 0.1) is 17.5 Å². The molecule has 1 amide bonds. The van der Waals surface area contributed by atoms with Gasteiger partial charge in [0.1, 0.15) is 11.8 Å². The minimum atomic E-state index is -0.0559. The van der Waals surface area contributed by atoms with Crippen LogP contribution in [0.15, 0.2) is 96.2 Å². The van der Waals surface area contributed by atoms with Crippen LogP contribution in [0.4, 0.5) is 11.6 Å². The third kappa shape index (κ3) is 6.83. The van der Waals surface area contributed by atoms with E-state index in [1.54, 1.807) is 29.9 Å². The monoisotopic (exact) mass is 598 g/mol. The number of nitrogens with zero attached hydrogens (tertiary/aromatic N) is 6. The van der Waals surface area contributed by atoms with E-state index < -0.39 is 0 Å². The molecule has 1 saturated carbocycles. The molecule has 1 aliphatic rings. The van der Waals surface area contributed by atoms with E-state index in [2.05, 4.69) is 43.7 Å². The molecule has 10 nitrogen and oxygen atoms in total. The molecule has 0 atom stereocenters. The van der Waals surface area contributed by atoms with E-state index in [1.165, 1.54) is 6.20 Å². The summed E-state index contributed by atoms with van der Waals surface area (Å²) in [5, 5.41) is 19.8. The van der Waals surface area contributed by atoms with Crippen LogP contribution in [-0.2, 0) is 18.3 Å². The lowest BCUT2D eigenvalue weighted by Gasteiger charge is -2.37. The first-order valence-corrected chi connectivity index (χ1v) is 15.1. The van der Waals surface area contributed by atoms with E-state index in [4.69, 9.17) is 0 Å². The van der Waals surface area contributed by atoms with Gasteiger partial charge in [0.25, 0.3) is 0 Å². The van der Waals surface area contributed by atoms with Crippen molar-refractivity contribution in [1.82, 2.24) is 24.7 Å². The summed E-state index contributed by atoms with van der Waals surface area (Å²) in [6.45, 7) is 0. The van der Waals surface area contributed by atoms with E-state index in [1.807, 2.05) is 59.6 Å². The van der Waals surface area contributed by atoms with Crippen molar-refractivity contribution in [3.63, 3.8) is 0 Å². The van der Waals surface area contributed by atoms with Gasteiger partial charge in [-0.25, -0.2) is 9.97 Å². The molecule has 2 aromatic carbocycles. The fraction of sp³-hybridized carbons (Fsp3) is 0.257. The molecule has 2 N–H and O–H groups in total. The molecule has 3 heterocycles. The van der Waals surface area contributed by atoms with E-state index in [0.29, 0.717) is 35.7 Å². The molecule has 0 saturated heterocycles. The number of nitriles is 1. The van der Waals surface area contributed by atoms with Gasteiger partial charge in [-0.15, -0.1) is 0 Å². The van der Waals surface area contributed by atoms with Gasteiger partial charge in [-0.2, -0.15) is 10.4 Å². The Morgan fingerprint density at radius 2 is 1.78 bits per heavy atom. The highest BCUT2D eigenvalue weighted by Gasteiger charge is 2.30. The first-order valence-electron chi connectivity index (χ1n) is 15.1. The van der Waals surface area contributed by atoms with Crippen LogP contribution in [0.25, 0.3) is 22.5 Å². The predicted molar refractivity (Wildman–Crippen MR) is 173 cm³/mol. The number of amides is 1. The van der Waals surface area contributed by atoms with Crippen molar-refractivity contribution in [3.8, 4) is 28.6 Å². The van der Waals surface area contributed by atoms with E-state index in [-0.39, 0.29) is 23.6 Å². The van der Waals surface area contributed by atoms with Crippen molar-refractivity contribution >= 4 is 17.5 Å². The molecule has 1 fully saturated rings. The third-order valence-electron chi connectivity index (χ3n) is 8.36. The Labute approximate surface area is 261 Å². The van der Waals surface area contributed by atoms with Crippen LogP contribution in [0.5, 0.6) is 0 Å². The maximum atomic E-state index is 13.9. The van der Waals surface area contributed by atoms with Crippen LogP contribution in [-0.4, -0.2) is 42.7 Å². The Balaban J connectivity index is 1.18. The minimum Gasteiger partial charge on any atom is -0.351 e. The summed E-state index contributed by atoms with van der Waals surface area (Å²) in [4.78, 5) is 36.7. The fourth-order valence-corrected chi connectivity index (χ4v) is 5.94. The van der Waals surface area contributed by atoms with Crippen LogP contribution in [0.3, 0.4) is 0 Å². The van der Waals surface area contributed by atoms with Gasteiger partial charge in [0.15, 0.2) is 0 Å². The maximum Gasteiger partial charge on any atom is 0.250 e. The number of aromatic amines is 1. The van der Waals surface area contributed by atoms with Crippen molar-refractivity contribution in [2.45, 2.75) is 50.6 Å². The van der Waals surface area contributed by atoms with Gasteiger partial charge in [0, 0.05) is 49.7 Å². The number of rotatable bonds is 9. The van der Waals surface area contributed by atoms with E-state index >= 15 is 0 Å². The summed E-state index contributed by atoms with van der Waals surface area (Å²) in [7, 11) is 1.74. The summed E-state index contributed by atoms with van der Waals surface area (Å²) in [6, 6.07) is 25.6. The van der Waals surface area contributed by atoms with Gasteiger partial charge < -0.3 is 14.8 Å². The number of aromatic nitrogens is 5. The summed E-state index contributed by atoms with van der Waals surface area (Å²) in [5.74, 6) is 0.566. The molecule has 10 heteroatoms. The Hall–Kier alpha value is -5.56. The first-order chi connectivity index (χ1) is 22.0. The van der Waals surface area contributed by atoms with Crippen LogP contribution < -0.4 is 15.8 Å². The standard InChI is InChI=1S/C35H34N8O2/c1-42-23-26(10-18-32(42)44)25-8-13-29(14-9-25)43(33(45)17-7-24-5-3-2-4-6-24)30-15-11-28(12-16-30)39-35-37-22-27(21-36)34(40-35)31-19-20-38-41-31/h2-6,8-10,13-14,18-20,22-23,28,30H,7,11-12,15-17H2,1H3,(H,38,41)(H,37,39,40). The Morgan fingerprint density at radius 3 is 2.47 bits per heavy atom. The number of carbonyl (C=O) groups excluding carboxylic acids is 1. The zero-order valence-electron chi connectivity index (χ0n) is 25.1. The molecule has 0 bridgehead atoms. The van der Waals surface area contributed by atoms with Crippen LogP contribution in [0.2, 0.25) is 0 Å². The molecule has 45 heavy (non-hydrogen) atoms. The Morgan fingerprint density at radius 1 is 1.02 bits per heavy atom. The lowest BCUT2D eigenvalue weighted by atomic mass is 9.89. The molecule has 0 aliphatic heterocycles. The SMILES string of the molecule is Cn1cc(-c2ccc(N(C(=O)CCc3ccccc3)C3CCC(Nc4ncc(C#N)c(-c5ccn[nH]5)n4)CC3)cc2)ccc1=O. The Kier molecular flexibility index (Phi) is 8.78. The highest BCUT2D eigenvalue weighted by Crippen LogP contribution is 2.32. The third-order valence-corrected chi connectivity index (χ3v) is 8.36. The number of nitrogens with one attached hydrogen (secondary N) is 2. The summed E-state index contributed by atoms with van der Waals surface area (Å²) in [5.41, 5.74) is 5.43. The second-order valence-electron chi connectivity index (χ2n) is 11.4. The average molecular weight is 599 g/mol. The molecule has 6 rings (SSSR count). The number of aryl methyl sites for hydroxylation is 2. The second kappa shape index (κ2) is 13.4. The van der Waals surface area contributed by atoms with Crippen molar-refractivity contribution in [2.24, 2.45) is 7.05 Å². The normalized spacial score (nSPS) is 16.1.